The van der Waals surface area contributed by atoms with Gasteiger partial charge in [0.15, 0.2) is 0 Å². The lowest BCUT2D eigenvalue weighted by Gasteiger charge is -2.20. The lowest BCUT2D eigenvalue weighted by atomic mass is 10.0. The number of benzene rings is 1. The molecule has 98 valence electrons. The van der Waals surface area contributed by atoms with Gasteiger partial charge in [0, 0.05) is 0 Å². The molecule has 3 heteroatoms. The van der Waals surface area contributed by atoms with Crippen LogP contribution in [-0.2, 0) is 4.79 Å². The number of nitrogens with one attached hydrogen (secondary N) is 1. The molecule has 18 heavy (non-hydrogen) atoms. The van der Waals surface area contributed by atoms with Crippen LogP contribution in [0.5, 0.6) is 0 Å². The van der Waals surface area contributed by atoms with E-state index in [0.29, 0.717) is 6.42 Å². The van der Waals surface area contributed by atoms with Crippen LogP contribution >= 0.6 is 0 Å². The standard InChI is InChI=1S/C15H22N2O/c1-4-6-13(16)15(18)17-14(5-2)12-9-7-11(3)8-10-12/h4,7-10,13-14H,1,5-6,16H2,2-3H3,(H,17,18). The van der Waals surface area contributed by atoms with Crippen LogP contribution in [-0.4, -0.2) is 11.9 Å². The molecule has 0 saturated heterocycles. The highest BCUT2D eigenvalue weighted by molar-refractivity contribution is 5.82. The molecule has 1 aromatic rings. The van der Waals surface area contributed by atoms with Crippen LogP contribution in [0, 0.1) is 6.92 Å². The fourth-order valence-electron chi connectivity index (χ4n) is 1.79. The zero-order valence-corrected chi connectivity index (χ0v) is 11.1. The van der Waals surface area contributed by atoms with E-state index in [2.05, 4.69) is 11.9 Å². The van der Waals surface area contributed by atoms with Gasteiger partial charge in [0.1, 0.15) is 0 Å². The molecule has 0 spiro atoms. The van der Waals surface area contributed by atoms with Crippen molar-refractivity contribution >= 4 is 5.91 Å². The smallest absolute Gasteiger partial charge is 0.237 e. The van der Waals surface area contributed by atoms with Crippen molar-refractivity contribution < 1.29 is 4.79 Å². The van der Waals surface area contributed by atoms with Crippen LogP contribution in [0.2, 0.25) is 0 Å². The monoisotopic (exact) mass is 246 g/mol. The van der Waals surface area contributed by atoms with E-state index in [4.69, 9.17) is 5.73 Å². The van der Waals surface area contributed by atoms with E-state index in [1.54, 1.807) is 6.08 Å². The van der Waals surface area contributed by atoms with Crippen molar-refractivity contribution in [2.45, 2.75) is 38.8 Å². The predicted octanol–water partition coefficient (Wildman–Crippen LogP) is 2.47. The molecule has 0 fully saturated rings. The van der Waals surface area contributed by atoms with Crippen molar-refractivity contribution in [2.24, 2.45) is 5.73 Å². The Morgan fingerprint density at radius 2 is 2.06 bits per heavy atom. The van der Waals surface area contributed by atoms with E-state index in [-0.39, 0.29) is 11.9 Å². The van der Waals surface area contributed by atoms with Gasteiger partial charge >= 0.3 is 0 Å². The van der Waals surface area contributed by atoms with Crippen molar-refractivity contribution in [1.29, 1.82) is 0 Å². The SMILES string of the molecule is C=CCC(N)C(=O)NC(CC)c1ccc(C)cc1. The average molecular weight is 246 g/mol. The first-order chi connectivity index (χ1) is 8.58. The molecule has 1 aromatic carbocycles. The molecule has 0 aromatic heterocycles. The summed E-state index contributed by atoms with van der Waals surface area (Å²) >= 11 is 0. The summed E-state index contributed by atoms with van der Waals surface area (Å²) in [7, 11) is 0. The largest absolute Gasteiger partial charge is 0.348 e. The van der Waals surface area contributed by atoms with E-state index in [0.717, 1.165) is 12.0 Å². The van der Waals surface area contributed by atoms with Gasteiger partial charge < -0.3 is 11.1 Å². The summed E-state index contributed by atoms with van der Waals surface area (Å²) in [4.78, 5) is 11.9. The third-order valence-electron chi connectivity index (χ3n) is 2.96. The normalized spacial score (nSPS) is 13.7. The Labute approximate surface area is 109 Å². The Hall–Kier alpha value is -1.61. The molecule has 3 nitrogen and oxygen atoms in total. The Kier molecular flexibility index (Phi) is 5.59. The average Bonchev–Trinajstić information content (AvgIpc) is 2.37. The minimum Gasteiger partial charge on any atom is -0.348 e. The molecule has 3 N–H and O–H groups in total. The maximum absolute atomic E-state index is 11.9. The van der Waals surface area contributed by atoms with Crippen LogP contribution in [0.25, 0.3) is 0 Å². The summed E-state index contributed by atoms with van der Waals surface area (Å²) < 4.78 is 0. The van der Waals surface area contributed by atoms with Gasteiger partial charge in [0.25, 0.3) is 0 Å². The Bertz CT molecular complexity index is 397. The van der Waals surface area contributed by atoms with Crippen molar-refractivity contribution in [3.8, 4) is 0 Å². The second kappa shape index (κ2) is 6.97. The van der Waals surface area contributed by atoms with E-state index < -0.39 is 6.04 Å². The fraction of sp³-hybridized carbons (Fsp3) is 0.400. The Morgan fingerprint density at radius 1 is 1.44 bits per heavy atom. The Balaban J connectivity index is 2.70. The molecule has 0 aliphatic heterocycles. The first-order valence-electron chi connectivity index (χ1n) is 6.31. The van der Waals surface area contributed by atoms with Crippen LogP contribution in [0.4, 0.5) is 0 Å². The quantitative estimate of drug-likeness (QED) is 0.758. The van der Waals surface area contributed by atoms with Crippen molar-refractivity contribution in [2.75, 3.05) is 0 Å². The first kappa shape index (κ1) is 14.5. The number of rotatable bonds is 6. The zero-order chi connectivity index (χ0) is 13.5. The summed E-state index contributed by atoms with van der Waals surface area (Å²) in [6, 6.07) is 7.70. The summed E-state index contributed by atoms with van der Waals surface area (Å²) in [6.07, 6.45) is 3.00. The highest BCUT2D eigenvalue weighted by Crippen LogP contribution is 2.17. The molecule has 0 aliphatic carbocycles. The van der Waals surface area contributed by atoms with Crippen LogP contribution in [0.15, 0.2) is 36.9 Å². The van der Waals surface area contributed by atoms with Crippen molar-refractivity contribution in [1.82, 2.24) is 5.32 Å². The molecule has 2 atom stereocenters. The predicted molar refractivity (Wildman–Crippen MR) is 75.1 cm³/mol. The maximum Gasteiger partial charge on any atom is 0.237 e. The molecule has 0 aliphatic rings. The van der Waals surface area contributed by atoms with Crippen molar-refractivity contribution in [3.05, 3.63) is 48.0 Å². The van der Waals surface area contributed by atoms with Gasteiger partial charge in [-0.3, -0.25) is 4.79 Å². The van der Waals surface area contributed by atoms with Gasteiger partial charge in [-0.15, -0.1) is 6.58 Å². The molecule has 1 rings (SSSR count). The highest BCUT2D eigenvalue weighted by Gasteiger charge is 2.17. The van der Waals surface area contributed by atoms with Gasteiger partial charge in [-0.25, -0.2) is 0 Å². The lowest BCUT2D eigenvalue weighted by Crippen LogP contribution is -2.41. The molecule has 0 radical (unpaired) electrons. The third-order valence-corrected chi connectivity index (χ3v) is 2.96. The van der Waals surface area contributed by atoms with Gasteiger partial charge in [-0.2, -0.15) is 0 Å². The van der Waals surface area contributed by atoms with E-state index in [1.165, 1.54) is 5.56 Å². The molecule has 0 heterocycles. The van der Waals surface area contributed by atoms with Gasteiger partial charge in [0.2, 0.25) is 5.91 Å². The van der Waals surface area contributed by atoms with Crippen molar-refractivity contribution in [3.63, 3.8) is 0 Å². The summed E-state index contributed by atoms with van der Waals surface area (Å²) in [5.41, 5.74) is 8.07. The van der Waals surface area contributed by atoms with Gasteiger partial charge in [-0.05, 0) is 25.3 Å². The number of nitrogens with two attached hydrogens (primary N) is 1. The summed E-state index contributed by atoms with van der Waals surface area (Å²) in [6.45, 7) is 7.68. The number of aryl methyl sites for hydroxylation is 1. The minimum atomic E-state index is -0.512. The second-order valence-corrected chi connectivity index (χ2v) is 4.51. The zero-order valence-electron chi connectivity index (χ0n) is 11.1. The lowest BCUT2D eigenvalue weighted by molar-refractivity contribution is -0.123. The first-order valence-corrected chi connectivity index (χ1v) is 6.31. The molecular weight excluding hydrogens is 224 g/mol. The number of carbonyl (C=O) groups excluding carboxylic acids is 1. The van der Waals surface area contributed by atoms with Crippen LogP contribution < -0.4 is 11.1 Å². The number of carbonyl (C=O) groups is 1. The Morgan fingerprint density at radius 3 is 2.56 bits per heavy atom. The minimum absolute atomic E-state index is 0.0222. The molecule has 0 saturated carbocycles. The number of amides is 1. The van der Waals surface area contributed by atoms with E-state index in [1.807, 2.05) is 38.1 Å². The van der Waals surface area contributed by atoms with Gasteiger partial charge in [0.05, 0.1) is 12.1 Å². The topological polar surface area (TPSA) is 55.1 Å². The fourth-order valence-corrected chi connectivity index (χ4v) is 1.79. The maximum atomic E-state index is 11.9. The molecular formula is C15H22N2O. The van der Waals surface area contributed by atoms with E-state index >= 15 is 0 Å². The third kappa shape index (κ3) is 4.00. The summed E-state index contributed by atoms with van der Waals surface area (Å²) in [5.74, 6) is -0.123. The molecule has 1 amide bonds. The van der Waals surface area contributed by atoms with E-state index in [9.17, 15) is 4.79 Å². The van der Waals surface area contributed by atoms with Crippen LogP contribution in [0.3, 0.4) is 0 Å². The summed E-state index contributed by atoms with van der Waals surface area (Å²) in [5, 5.41) is 2.98. The molecule has 2 unspecified atom stereocenters. The molecule has 0 bridgehead atoms. The van der Waals surface area contributed by atoms with Crippen LogP contribution in [0.1, 0.15) is 36.9 Å². The van der Waals surface area contributed by atoms with Gasteiger partial charge in [-0.1, -0.05) is 42.8 Å². The number of hydrogen-bond acceptors (Lipinski definition) is 2. The second-order valence-electron chi connectivity index (χ2n) is 4.51. The number of hydrogen-bond donors (Lipinski definition) is 2. The highest BCUT2D eigenvalue weighted by atomic mass is 16.2.